The van der Waals surface area contributed by atoms with Crippen LogP contribution in [0.3, 0.4) is 0 Å². The van der Waals surface area contributed by atoms with Crippen LogP contribution in [0.2, 0.25) is 0 Å². The largest absolute Gasteiger partial charge is 0.378 e. The average molecular weight is 442 g/mol. The minimum atomic E-state index is -0.113. The Hall–Kier alpha value is -3.64. The molecule has 0 saturated carbocycles. The van der Waals surface area contributed by atoms with Crippen LogP contribution in [-0.2, 0) is 11.2 Å². The van der Waals surface area contributed by atoms with Gasteiger partial charge in [0, 0.05) is 36.6 Å². The Morgan fingerprint density at radius 2 is 1.64 bits per heavy atom. The van der Waals surface area contributed by atoms with Crippen molar-refractivity contribution in [2.75, 3.05) is 43.1 Å². The van der Waals surface area contributed by atoms with E-state index in [4.69, 9.17) is 4.74 Å². The molecule has 6 nitrogen and oxygen atoms in total. The normalized spacial score (nSPS) is 15.3. The summed E-state index contributed by atoms with van der Waals surface area (Å²) in [6.07, 6.45) is 0.817. The zero-order chi connectivity index (χ0) is 22.8. The van der Waals surface area contributed by atoms with Crippen LogP contribution >= 0.6 is 0 Å². The van der Waals surface area contributed by atoms with Gasteiger partial charge in [-0.25, -0.2) is 4.79 Å². The van der Waals surface area contributed by atoms with Crippen LogP contribution in [0.1, 0.15) is 21.5 Å². The molecule has 0 bridgehead atoms. The van der Waals surface area contributed by atoms with E-state index < -0.39 is 0 Å². The van der Waals surface area contributed by atoms with Gasteiger partial charge < -0.3 is 15.0 Å². The number of hydrogen-bond acceptors (Lipinski definition) is 3. The molecule has 1 saturated heterocycles. The summed E-state index contributed by atoms with van der Waals surface area (Å²) in [6, 6.07) is 21.7. The van der Waals surface area contributed by atoms with Gasteiger partial charge in [-0.1, -0.05) is 30.3 Å². The number of nitrogens with zero attached hydrogens (tertiary/aromatic N) is 2. The van der Waals surface area contributed by atoms with E-state index in [0.29, 0.717) is 38.4 Å². The van der Waals surface area contributed by atoms with Crippen LogP contribution in [0.25, 0.3) is 11.1 Å². The molecule has 2 aliphatic rings. The lowest BCUT2D eigenvalue weighted by atomic mass is 10.0. The zero-order valence-corrected chi connectivity index (χ0v) is 18.7. The topological polar surface area (TPSA) is 61.9 Å². The molecule has 5 rings (SSSR count). The maximum atomic E-state index is 12.8. The van der Waals surface area contributed by atoms with Gasteiger partial charge >= 0.3 is 6.03 Å². The molecule has 1 fully saturated rings. The molecule has 3 amide bonds. The SMILES string of the molecule is Cc1cccc(NC(=O)N2CCc3cc(-c4ccc(C(=O)N5CCOCC5)cc4)ccc32)c1. The third kappa shape index (κ3) is 4.47. The fraction of sp³-hybridized carbons (Fsp3) is 0.259. The smallest absolute Gasteiger partial charge is 0.326 e. The number of benzene rings is 3. The third-order valence-corrected chi connectivity index (χ3v) is 6.25. The Morgan fingerprint density at radius 1 is 0.879 bits per heavy atom. The first kappa shape index (κ1) is 21.2. The highest BCUT2D eigenvalue weighted by Crippen LogP contribution is 2.33. The molecular formula is C27H27N3O3. The number of ether oxygens (including phenoxy) is 1. The van der Waals surface area contributed by atoms with Gasteiger partial charge in [0.1, 0.15) is 0 Å². The van der Waals surface area contributed by atoms with Crippen molar-refractivity contribution in [3.05, 3.63) is 83.4 Å². The number of fused-ring (bicyclic) bond motifs is 1. The van der Waals surface area contributed by atoms with Crippen molar-refractivity contribution >= 4 is 23.3 Å². The van der Waals surface area contributed by atoms with E-state index in [9.17, 15) is 9.59 Å². The predicted octanol–water partition coefficient (Wildman–Crippen LogP) is 4.73. The summed E-state index contributed by atoms with van der Waals surface area (Å²) in [5, 5.41) is 3.00. The molecule has 0 atom stereocenters. The molecule has 2 heterocycles. The Bertz CT molecular complexity index is 1180. The zero-order valence-electron chi connectivity index (χ0n) is 18.7. The van der Waals surface area contributed by atoms with Crippen LogP contribution in [0.4, 0.5) is 16.2 Å². The van der Waals surface area contributed by atoms with Crippen LogP contribution in [0, 0.1) is 6.92 Å². The second-order valence-electron chi connectivity index (χ2n) is 8.53. The highest BCUT2D eigenvalue weighted by molar-refractivity contribution is 6.03. The second kappa shape index (κ2) is 9.08. The number of urea groups is 1. The van der Waals surface area contributed by atoms with Crippen molar-refractivity contribution in [2.45, 2.75) is 13.3 Å². The molecule has 33 heavy (non-hydrogen) atoms. The van der Waals surface area contributed by atoms with E-state index in [1.165, 1.54) is 0 Å². The van der Waals surface area contributed by atoms with Gasteiger partial charge in [-0.05, 0) is 72.0 Å². The van der Waals surface area contributed by atoms with Crippen LogP contribution in [0.5, 0.6) is 0 Å². The number of hydrogen-bond donors (Lipinski definition) is 1. The van der Waals surface area contributed by atoms with Crippen LogP contribution < -0.4 is 10.2 Å². The fourth-order valence-corrected chi connectivity index (χ4v) is 4.46. The number of morpholine rings is 1. The summed E-state index contributed by atoms with van der Waals surface area (Å²) in [6.45, 7) is 5.13. The van der Waals surface area contributed by atoms with E-state index in [0.717, 1.165) is 40.0 Å². The van der Waals surface area contributed by atoms with Gasteiger partial charge in [-0.2, -0.15) is 0 Å². The van der Waals surface area contributed by atoms with Crippen molar-refractivity contribution in [3.63, 3.8) is 0 Å². The van der Waals surface area contributed by atoms with E-state index in [-0.39, 0.29) is 11.9 Å². The van der Waals surface area contributed by atoms with Crippen molar-refractivity contribution in [1.82, 2.24) is 4.90 Å². The number of nitrogens with one attached hydrogen (secondary N) is 1. The fourth-order valence-electron chi connectivity index (χ4n) is 4.46. The maximum absolute atomic E-state index is 12.8. The molecule has 2 aliphatic heterocycles. The predicted molar refractivity (Wildman–Crippen MR) is 130 cm³/mol. The molecule has 168 valence electrons. The van der Waals surface area contributed by atoms with Crippen LogP contribution in [-0.4, -0.2) is 49.7 Å². The summed E-state index contributed by atoms with van der Waals surface area (Å²) in [5.41, 5.74) is 6.84. The number of carbonyl (C=O) groups is 2. The number of anilines is 2. The molecule has 0 spiro atoms. The van der Waals surface area contributed by atoms with E-state index in [1.54, 1.807) is 4.90 Å². The molecule has 6 heteroatoms. The summed E-state index contributed by atoms with van der Waals surface area (Å²) in [7, 11) is 0. The van der Waals surface area contributed by atoms with E-state index in [2.05, 4.69) is 11.4 Å². The van der Waals surface area contributed by atoms with Gasteiger partial charge in [0.05, 0.1) is 13.2 Å². The van der Waals surface area contributed by atoms with Gasteiger partial charge in [0.15, 0.2) is 0 Å². The number of rotatable bonds is 3. The Morgan fingerprint density at radius 3 is 2.39 bits per heavy atom. The Kier molecular flexibility index (Phi) is 5.84. The summed E-state index contributed by atoms with van der Waals surface area (Å²) >= 11 is 0. The molecule has 3 aromatic rings. The molecule has 1 N–H and O–H groups in total. The van der Waals surface area contributed by atoms with Crippen molar-refractivity contribution in [1.29, 1.82) is 0 Å². The Balaban J connectivity index is 1.30. The van der Waals surface area contributed by atoms with Gasteiger partial charge in [-0.15, -0.1) is 0 Å². The van der Waals surface area contributed by atoms with Gasteiger partial charge in [-0.3, -0.25) is 9.69 Å². The van der Waals surface area contributed by atoms with Crippen molar-refractivity contribution in [2.24, 2.45) is 0 Å². The number of carbonyl (C=O) groups excluding carboxylic acids is 2. The quantitative estimate of drug-likeness (QED) is 0.639. The molecule has 3 aromatic carbocycles. The minimum absolute atomic E-state index is 0.0501. The lowest BCUT2D eigenvalue weighted by molar-refractivity contribution is 0.0303. The lowest BCUT2D eigenvalue weighted by Gasteiger charge is -2.26. The Labute approximate surface area is 193 Å². The standard InChI is InChI=1S/C27H27N3O3/c1-19-3-2-4-24(17-19)28-27(32)30-12-11-23-18-22(9-10-25(23)30)20-5-7-21(8-6-20)26(31)29-13-15-33-16-14-29/h2-10,17-18H,11-16H2,1H3,(H,28,32). The van der Waals surface area contributed by atoms with E-state index >= 15 is 0 Å². The molecular weight excluding hydrogens is 414 g/mol. The second-order valence-corrected chi connectivity index (χ2v) is 8.53. The number of aryl methyl sites for hydroxylation is 1. The molecule has 0 aliphatic carbocycles. The average Bonchev–Trinajstić information content (AvgIpc) is 3.28. The maximum Gasteiger partial charge on any atom is 0.326 e. The highest BCUT2D eigenvalue weighted by atomic mass is 16.5. The van der Waals surface area contributed by atoms with Gasteiger partial charge in [0.2, 0.25) is 0 Å². The first-order chi connectivity index (χ1) is 16.1. The summed E-state index contributed by atoms with van der Waals surface area (Å²) in [4.78, 5) is 29.2. The molecule has 0 radical (unpaired) electrons. The van der Waals surface area contributed by atoms with Crippen molar-refractivity contribution in [3.8, 4) is 11.1 Å². The first-order valence-electron chi connectivity index (χ1n) is 11.3. The molecule has 0 unspecified atom stereocenters. The van der Waals surface area contributed by atoms with Crippen molar-refractivity contribution < 1.29 is 14.3 Å². The monoisotopic (exact) mass is 441 g/mol. The summed E-state index contributed by atoms with van der Waals surface area (Å²) in [5.74, 6) is 0.0501. The molecule has 0 aromatic heterocycles. The van der Waals surface area contributed by atoms with E-state index in [1.807, 2.05) is 72.5 Å². The first-order valence-corrected chi connectivity index (χ1v) is 11.3. The van der Waals surface area contributed by atoms with Gasteiger partial charge in [0.25, 0.3) is 5.91 Å². The highest BCUT2D eigenvalue weighted by Gasteiger charge is 2.25. The number of amides is 3. The lowest BCUT2D eigenvalue weighted by Crippen LogP contribution is -2.40. The van der Waals surface area contributed by atoms with Crippen LogP contribution in [0.15, 0.2) is 66.7 Å². The third-order valence-electron chi connectivity index (χ3n) is 6.25. The summed E-state index contributed by atoms with van der Waals surface area (Å²) < 4.78 is 5.33. The minimum Gasteiger partial charge on any atom is -0.378 e.